The molecule has 0 fully saturated rings. The Hall–Kier alpha value is -1.98. The van der Waals surface area contributed by atoms with Gasteiger partial charge in [-0.15, -0.1) is 5.10 Å². The Labute approximate surface area is 117 Å². The molecule has 1 aromatic carbocycles. The summed E-state index contributed by atoms with van der Waals surface area (Å²) in [5.41, 5.74) is 1.15. The van der Waals surface area contributed by atoms with Gasteiger partial charge in [0.1, 0.15) is 0 Å². The molecule has 2 aromatic rings. The second kappa shape index (κ2) is 6.98. The van der Waals surface area contributed by atoms with Gasteiger partial charge in [0.2, 0.25) is 0 Å². The fourth-order valence-electron chi connectivity index (χ4n) is 2.33. The zero-order valence-corrected chi connectivity index (χ0v) is 11.8. The fraction of sp³-hybridized carbons (Fsp3) is 0.571. The van der Waals surface area contributed by atoms with Crippen LogP contribution in [0.4, 0.5) is 5.69 Å². The Morgan fingerprint density at radius 3 is 2.70 bits per heavy atom. The molecule has 2 rings (SSSR count). The summed E-state index contributed by atoms with van der Waals surface area (Å²) in [5.74, 6) is 0. The molecule has 0 spiro atoms. The second-order valence-electron chi connectivity index (χ2n) is 4.98. The van der Waals surface area contributed by atoms with E-state index in [9.17, 15) is 10.1 Å². The minimum Gasteiger partial charge on any atom is -0.258 e. The standard InChI is InChI=1S/C14H20N4O2/c1-2-3-4-5-6-7-11-17-12-9-8-10-13(18(19)20)14(12)15-16-17/h8-10H,2-7,11H2,1H3. The Balaban J connectivity index is 1.98. The second-order valence-corrected chi connectivity index (χ2v) is 4.98. The van der Waals surface area contributed by atoms with Crippen LogP contribution in [0.15, 0.2) is 18.2 Å². The molecule has 108 valence electrons. The Kier molecular flexibility index (Phi) is 5.03. The first-order valence-electron chi connectivity index (χ1n) is 7.20. The molecule has 0 saturated heterocycles. The minimum atomic E-state index is -0.411. The summed E-state index contributed by atoms with van der Waals surface area (Å²) in [6, 6.07) is 4.98. The lowest BCUT2D eigenvalue weighted by Gasteiger charge is -2.02. The van der Waals surface area contributed by atoms with Crippen molar-refractivity contribution in [2.24, 2.45) is 0 Å². The summed E-state index contributed by atoms with van der Waals surface area (Å²) < 4.78 is 1.77. The Morgan fingerprint density at radius 2 is 1.95 bits per heavy atom. The van der Waals surface area contributed by atoms with Gasteiger partial charge in [0, 0.05) is 12.6 Å². The van der Waals surface area contributed by atoms with E-state index in [4.69, 9.17) is 0 Å². The first-order chi connectivity index (χ1) is 9.74. The van der Waals surface area contributed by atoms with Crippen molar-refractivity contribution in [1.82, 2.24) is 15.0 Å². The number of hydrogen-bond acceptors (Lipinski definition) is 4. The molecule has 0 N–H and O–H groups in total. The van der Waals surface area contributed by atoms with Crippen LogP contribution in [-0.2, 0) is 6.54 Å². The number of nitro groups is 1. The fourth-order valence-corrected chi connectivity index (χ4v) is 2.33. The SMILES string of the molecule is CCCCCCCCn1nnc2c([N+](=O)[O-])cccc21. The van der Waals surface area contributed by atoms with Crippen LogP contribution >= 0.6 is 0 Å². The van der Waals surface area contributed by atoms with E-state index in [1.54, 1.807) is 10.7 Å². The molecular weight excluding hydrogens is 256 g/mol. The molecule has 0 unspecified atom stereocenters. The lowest BCUT2D eigenvalue weighted by atomic mass is 10.1. The van der Waals surface area contributed by atoms with Crippen molar-refractivity contribution >= 4 is 16.7 Å². The molecule has 0 amide bonds. The molecule has 0 aliphatic rings. The zero-order chi connectivity index (χ0) is 14.4. The monoisotopic (exact) mass is 276 g/mol. The van der Waals surface area contributed by atoms with Crippen molar-refractivity contribution < 1.29 is 4.92 Å². The molecule has 6 heteroatoms. The number of non-ortho nitro benzene ring substituents is 1. The number of nitro benzene ring substituents is 1. The Morgan fingerprint density at radius 1 is 1.20 bits per heavy atom. The van der Waals surface area contributed by atoms with E-state index in [1.165, 1.54) is 31.7 Å². The maximum absolute atomic E-state index is 10.9. The first-order valence-corrected chi connectivity index (χ1v) is 7.20. The third kappa shape index (κ3) is 3.31. The number of aryl methyl sites for hydroxylation is 1. The van der Waals surface area contributed by atoms with Crippen LogP contribution in [0.1, 0.15) is 45.4 Å². The van der Waals surface area contributed by atoms with E-state index in [-0.39, 0.29) is 5.69 Å². The highest BCUT2D eigenvalue weighted by molar-refractivity contribution is 5.83. The van der Waals surface area contributed by atoms with E-state index in [0.29, 0.717) is 5.52 Å². The summed E-state index contributed by atoms with van der Waals surface area (Å²) in [6.45, 7) is 2.97. The van der Waals surface area contributed by atoms with Crippen molar-refractivity contribution in [1.29, 1.82) is 0 Å². The largest absolute Gasteiger partial charge is 0.299 e. The lowest BCUT2D eigenvalue weighted by molar-refractivity contribution is -0.383. The van der Waals surface area contributed by atoms with Gasteiger partial charge in [-0.05, 0) is 12.5 Å². The van der Waals surface area contributed by atoms with Crippen LogP contribution < -0.4 is 0 Å². The summed E-state index contributed by atoms with van der Waals surface area (Å²) in [7, 11) is 0. The van der Waals surface area contributed by atoms with Crippen LogP contribution in [-0.4, -0.2) is 19.9 Å². The van der Waals surface area contributed by atoms with Crippen LogP contribution in [0.2, 0.25) is 0 Å². The number of benzene rings is 1. The average Bonchev–Trinajstić information content (AvgIpc) is 2.85. The van der Waals surface area contributed by atoms with E-state index >= 15 is 0 Å². The van der Waals surface area contributed by atoms with Gasteiger partial charge in [0.05, 0.1) is 10.4 Å². The van der Waals surface area contributed by atoms with Crippen molar-refractivity contribution in [2.45, 2.75) is 52.0 Å². The highest BCUT2D eigenvalue weighted by Gasteiger charge is 2.16. The van der Waals surface area contributed by atoms with Gasteiger partial charge in [-0.2, -0.15) is 0 Å². The van der Waals surface area contributed by atoms with E-state index < -0.39 is 4.92 Å². The number of rotatable bonds is 8. The summed E-state index contributed by atoms with van der Waals surface area (Å²) in [6.07, 6.45) is 7.25. The maximum atomic E-state index is 10.9. The zero-order valence-electron chi connectivity index (χ0n) is 11.8. The van der Waals surface area contributed by atoms with Crippen molar-refractivity contribution in [3.63, 3.8) is 0 Å². The number of aromatic nitrogens is 3. The van der Waals surface area contributed by atoms with E-state index in [0.717, 1.165) is 24.9 Å². The minimum absolute atomic E-state index is 0.0247. The third-order valence-corrected chi connectivity index (χ3v) is 3.44. The first kappa shape index (κ1) is 14.4. The highest BCUT2D eigenvalue weighted by atomic mass is 16.6. The molecule has 0 atom stereocenters. The van der Waals surface area contributed by atoms with Gasteiger partial charge in [-0.3, -0.25) is 10.1 Å². The summed E-state index contributed by atoms with van der Waals surface area (Å²) >= 11 is 0. The van der Waals surface area contributed by atoms with Crippen LogP contribution in [0.3, 0.4) is 0 Å². The number of unbranched alkanes of at least 4 members (excludes halogenated alkanes) is 5. The molecule has 1 aromatic heterocycles. The molecule has 0 bridgehead atoms. The third-order valence-electron chi connectivity index (χ3n) is 3.44. The topological polar surface area (TPSA) is 73.8 Å². The average molecular weight is 276 g/mol. The summed E-state index contributed by atoms with van der Waals surface area (Å²) in [5, 5.41) is 18.9. The number of nitrogens with zero attached hydrogens (tertiary/aromatic N) is 4. The highest BCUT2D eigenvalue weighted by Crippen LogP contribution is 2.22. The summed E-state index contributed by atoms with van der Waals surface area (Å²) in [4.78, 5) is 10.5. The predicted molar refractivity (Wildman–Crippen MR) is 77.6 cm³/mol. The molecule has 0 radical (unpaired) electrons. The maximum Gasteiger partial charge on any atom is 0.299 e. The van der Waals surface area contributed by atoms with Gasteiger partial charge < -0.3 is 0 Å². The van der Waals surface area contributed by atoms with Gasteiger partial charge in [-0.1, -0.05) is 50.3 Å². The smallest absolute Gasteiger partial charge is 0.258 e. The van der Waals surface area contributed by atoms with E-state index in [2.05, 4.69) is 17.2 Å². The number of fused-ring (bicyclic) bond motifs is 1. The molecule has 0 aliphatic carbocycles. The van der Waals surface area contributed by atoms with Gasteiger partial charge in [-0.25, -0.2) is 4.68 Å². The normalized spacial score (nSPS) is 11.1. The lowest BCUT2D eigenvalue weighted by Crippen LogP contribution is -2.00. The molecule has 1 heterocycles. The molecule has 0 aliphatic heterocycles. The van der Waals surface area contributed by atoms with Crippen molar-refractivity contribution in [3.8, 4) is 0 Å². The van der Waals surface area contributed by atoms with Crippen molar-refractivity contribution in [3.05, 3.63) is 28.3 Å². The van der Waals surface area contributed by atoms with Crippen molar-refractivity contribution in [2.75, 3.05) is 0 Å². The van der Waals surface area contributed by atoms with Crippen LogP contribution in [0, 0.1) is 10.1 Å². The van der Waals surface area contributed by atoms with Crippen LogP contribution in [0.5, 0.6) is 0 Å². The van der Waals surface area contributed by atoms with Gasteiger partial charge >= 0.3 is 0 Å². The Bertz CT molecular complexity index is 580. The molecular formula is C14H20N4O2. The molecule has 6 nitrogen and oxygen atoms in total. The van der Waals surface area contributed by atoms with Crippen LogP contribution in [0.25, 0.3) is 11.0 Å². The van der Waals surface area contributed by atoms with E-state index in [1.807, 2.05) is 6.07 Å². The van der Waals surface area contributed by atoms with Gasteiger partial charge in [0.15, 0.2) is 5.52 Å². The number of hydrogen-bond donors (Lipinski definition) is 0. The molecule has 20 heavy (non-hydrogen) atoms. The predicted octanol–water partition coefficient (Wildman–Crippen LogP) is 3.70. The van der Waals surface area contributed by atoms with Gasteiger partial charge in [0.25, 0.3) is 5.69 Å². The quantitative estimate of drug-likeness (QED) is 0.418. The molecule has 0 saturated carbocycles.